The molecule has 0 amide bonds. The summed E-state index contributed by atoms with van der Waals surface area (Å²) in [6.07, 6.45) is -0.194. The monoisotopic (exact) mass is 226 g/mol. The van der Waals surface area contributed by atoms with Crippen molar-refractivity contribution in [2.75, 3.05) is 7.11 Å². The standard InChI is InChI=1S/C12H19FN2O/c1-7-5-8(2)11(10(13)6-7)12(15-14)9(3)16-4/h5-6,9,12,15H,14H2,1-4H3. The number of aryl methyl sites for hydroxylation is 2. The molecule has 0 aromatic heterocycles. The summed E-state index contributed by atoms with van der Waals surface area (Å²) in [5.41, 5.74) is 4.96. The molecule has 0 saturated heterocycles. The molecule has 0 radical (unpaired) electrons. The Hall–Kier alpha value is -0.970. The van der Waals surface area contributed by atoms with Crippen molar-refractivity contribution in [2.45, 2.75) is 32.9 Å². The molecule has 0 saturated carbocycles. The van der Waals surface area contributed by atoms with Gasteiger partial charge in [0.15, 0.2) is 0 Å². The number of benzene rings is 1. The lowest BCUT2D eigenvalue weighted by Gasteiger charge is -2.24. The van der Waals surface area contributed by atoms with E-state index < -0.39 is 0 Å². The molecule has 0 aliphatic heterocycles. The van der Waals surface area contributed by atoms with E-state index in [1.807, 2.05) is 26.8 Å². The maximum absolute atomic E-state index is 13.9. The summed E-state index contributed by atoms with van der Waals surface area (Å²) in [6.45, 7) is 5.59. The van der Waals surface area contributed by atoms with Crippen molar-refractivity contribution in [2.24, 2.45) is 5.84 Å². The van der Waals surface area contributed by atoms with Gasteiger partial charge in [0.05, 0.1) is 12.1 Å². The maximum atomic E-state index is 13.9. The van der Waals surface area contributed by atoms with Crippen molar-refractivity contribution in [3.05, 3.63) is 34.6 Å². The highest BCUT2D eigenvalue weighted by atomic mass is 19.1. The third-order valence-corrected chi connectivity index (χ3v) is 2.81. The van der Waals surface area contributed by atoms with E-state index in [4.69, 9.17) is 10.6 Å². The minimum atomic E-state index is -0.342. The number of hydrogen-bond acceptors (Lipinski definition) is 3. The second-order valence-electron chi connectivity index (χ2n) is 4.06. The van der Waals surface area contributed by atoms with Crippen LogP contribution >= 0.6 is 0 Å². The van der Waals surface area contributed by atoms with Crippen molar-refractivity contribution >= 4 is 0 Å². The Bertz CT molecular complexity index is 345. The summed E-state index contributed by atoms with van der Waals surface area (Å²) in [5.74, 6) is 5.21. The maximum Gasteiger partial charge on any atom is 0.128 e. The number of hydrazine groups is 1. The van der Waals surface area contributed by atoms with Gasteiger partial charge in [0.25, 0.3) is 0 Å². The minimum Gasteiger partial charge on any atom is -0.380 e. The van der Waals surface area contributed by atoms with Crippen LogP contribution in [0, 0.1) is 19.7 Å². The van der Waals surface area contributed by atoms with E-state index in [9.17, 15) is 4.39 Å². The van der Waals surface area contributed by atoms with E-state index in [1.54, 1.807) is 7.11 Å². The molecular formula is C12H19FN2O. The average Bonchev–Trinajstić information content (AvgIpc) is 2.22. The van der Waals surface area contributed by atoms with Gasteiger partial charge < -0.3 is 4.74 Å². The third kappa shape index (κ3) is 2.58. The Labute approximate surface area is 95.8 Å². The highest BCUT2D eigenvalue weighted by molar-refractivity contribution is 5.34. The van der Waals surface area contributed by atoms with E-state index in [0.29, 0.717) is 5.56 Å². The summed E-state index contributed by atoms with van der Waals surface area (Å²) >= 11 is 0. The first-order valence-corrected chi connectivity index (χ1v) is 5.26. The van der Waals surface area contributed by atoms with Crippen LogP contribution in [0.5, 0.6) is 0 Å². The summed E-state index contributed by atoms with van der Waals surface area (Å²) in [4.78, 5) is 0. The van der Waals surface area contributed by atoms with Crippen molar-refractivity contribution in [1.29, 1.82) is 0 Å². The van der Waals surface area contributed by atoms with Crippen LogP contribution in [0.25, 0.3) is 0 Å². The van der Waals surface area contributed by atoms with Crippen LogP contribution in [0.2, 0.25) is 0 Å². The topological polar surface area (TPSA) is 47.3 Å². The van der Waals surface area contributed by atoms with Gasteiger partial charge in [-0.2, -0.15) is 0 Å². The van der Waals surface area contributed by atoms with Gasteiger partial charge in [0, 0.05) is 12.7 Å². The van der Waals surface area contributed by atoms with Crippen LogP contribution in [0.15, 0.2) is 12.1 Å². The summed E-state index contributed by atoms with van der Waals surface area (Å²) in [7, 11) is 1.58. The zero-order valence-electron chi connectivity index (χ0n) is 10.2. The molecule has 0 heterocycles. The van der Waals surface area contributed by atoms with Gasteiger partial charge in [0.2, 0.25) is 0 Å². The molecule has 2 unspecified atom stereocenters. The predicted molar refractivity (Wildman–Crippen MR) is 62.4 cm³/mol. The van der Waals surface area contributed by atoms with E-state index >= 15 is 0 Å². The highest BCUT2D eigenvalue weighted by Gasteiger charge is 2.23. The molecule has 16 heavy (non-hydrogen) atoms. The molecule has 4 heteroatoms. The molecule has 3 N–H and O–H groups in total. The van der Waals surface area contributed by atoms with Crippen LogP contribution in [-0.4, -0.2) is 13.2 Å². The van der Waals surface area contributed by atoms with Crippen molar-refractivity contribution in [3.8, 4) is 0 Å². The molecule has 0 spiro atoms. The van der Waals surface area contributed by atoms with Gasteiger partial charge in [-0.15, -0.1) is 0 Å². The fourth-order valence-electron chi connectivity index (χ4n) is 1.91. The predicted octanol–water partition coefficient (Wildman–Crippen LogP) is 1.98. The highest BCUT2D eigenvalue weighted by Crippen LogP contribution is 2.25. The van der Waals surface area contributed by atoms with E-state index in [0.717, 1.165) is 11.1 Å². The molecule has 2 atom stereocenters. The second kappa shape index (κ2) is 5.39. The number of ether oxygens (including phenoxy) is 1. The van der Waals surface area contributed by atoms with Crippen LogP contribution < -0.4 is 11.3 Å². The van der Waals surface area contributed by atoms with Crippen LogP contribution in [0.4, 0.5) is 4.39 Å². The Kier molecular flexibility index (Phi) is 4.41. The number of nitrogens with one attached hydrogen (secondary N) is 1. The number of nitrogens with two attached hydrogens (primary N) is 1. The lowest BCUT2D eigenvalue weighted by atomic mass is 9.96. The Morgan fingerprint density at radius 2 is 2.00 bits per heavy atom. The molecule has 1 rings (SSSR count). The van der Waals surface area contributed by atoms with E-state index in [1.165, 1.54) is 6.07 Å². The number of halogens is 1. The Morgan fingerprint density at radius 3 is 2.44 bits per heavy atom. The smallest absolute Gasteiger partial charge is 0.128 e. The normalized spacial score (nSPS) is 14.9. The second-order valence-corrected chi connectivity index (χ2v) is 4.06. The third-order valence-electron chi connectivity index (χ3n) is 2.81. The fourth-order valence-corrected chi connectivity index (χ4v) is 1.91. The molecule has 90 valence electrons. The molecule has 1 aromatic rings. The molecule has 0 aliphatic carbocycles. The van der Waals surface area contributed by atoms with E-state index in [-0.39, 0.29) is 18.0 Å². The zero-order chi connectivity index (χ0) is 12.3. The zero-order valence-corrected chi connectivity index (χ0v) is 10.2. The van der Waals surface area contributed by atoms with Crippen molar-refractivity contribution < 1.29 is 9.13 Å². The molecular weight excluding hydrogens is 207 g/mol. The first-order valence-electron chi connectivity index (χ1n) is 5.26. The van der Waals surface area contributed by atoms with Gasteiger partial charge in [-0.3, -0.25) is 11.3 Å². The van der Waals surface area contributed by atoms with Gasteiger partial charge in [-0.25, -0.2) is 4.39 Å². The molecule has 0 fully saturated rings. The Morgan fingerprint density at radius 1 is 1.38 bits per heavy atom. The van der Waals surface area contributed by atoms with E-state index in [2.05, 4.69) is 5.43 Å². The first-order chi connectivity index (χ1) is 7.51. The lowest BCUT2D eigenvalue weighted by Crippen LogP contribution is -2.37. The van der Waals surface area contributed by atoms with Gasteiger partial charge in [-0.05, 0) is 38.0 Å². The Balaban J connectivity index is 3.19. The average molecular weight is 226 g/mol. The first kappa shape index (κ1) is 13.1. The number of methoxy groups -OCH3 is 1. The molecule has 3 nitrogen and oxygen atoms in total. The largest absolute Gasteiger partial charge is 0.380 e. The minimum absolute atomic E-state index is 0.194. The van der Waals surface area contributed by atoms with Crippen LogP contribution in [-0.2, 0) is 4.74 Å². The van der Waals surface area contributed by atoms with Crippen molar-refractivity contribution in [1.82, 2.24) is 5.43 Å². The molecule has 0 bridgehead atoms. The molecule has 0 aliphatic rings. The summed E-state index contributed by atoms with van der Waals surface area (Å²) in [6, 6.07) is 3.10. The summed E-state index contributed by atoms with van der Waals surface area (Å²) in [5, 5.41) is 0. The quantitative estimate of drug-likeness (QED) is 0.609. The van der Waals surface area contributed by atoms with Crippen molar-refractivity contribution in [3.63, 3.8) is 0 Å². The number of hydrogen-bond donors (Lipinski definition) is 2. The SMILES string of the molecule is COC(C)C(NN)c1c(C)cc(C)cc1F. The van der Waals surface area contributed by atoms with Gasteiger partial charge in [0.1, 0.15) is 5.82 Å². The lowest BCUT2D eigenvalue weighted by molar-refractivity contribution is 0.0816. The number of rotatable bonds is 4. The van der Waals surface area contributed by atoms with Crippen LogP contribution in [0.3, 0.4) is 0 Å². The summed E-state index contributed by atoms with van der Waals surface area (Å²) < 4.78 is 19.1. The van der Waals surface area contributed by atoms with Gasteiger partial charge >= 0.3 is 0 Å². The molecule has 1 aromatic carbocycles. The fraction of sp³-hybridized carbons (Fsp3) is 0.500. The van der Waals surface area contributed by atoms with Gasteiger partial charge in [-0.1, -0.05) is 6.07 Å². The van der Waals surface area contributed by atoms with Crippen LogP contribution in [0.1, 0.15) is 29.7 Å².